The first-order valence-corrected chi connectivity index (χ1v) is 24.7. The maximum Gasteiger partial charge on any atom is 0.432 e. The Kier molecular flexibility index (Phi) is 12.7. The monoisotopic (exact) mass is 930 g/mol. The largest absolute Gasteiger partial charge is 0.451 e. The van der Waals surface area contributed by atoms with E-state index in [0.29, 0.717) is 43.8 Å². The van der Waals surface area contributed by atoms with E-state index in [0.717, 1.165) is 98.2 Å². The topological polar surface area (TPSA) is 175 Å². The van der Waals surface area contributed by atoms with Gasteiger partial charge in [-0.2, -0.15) is 4.99 Å². The summed E-state index contributed by atoms with van der Waals surface area (Å²) in [5.74, 6) is 1.36. The molecule has 14 nitrogen and oxygen atoms in total. The number of hydrogen-bond donors (Lipinski definition) is 3. The summed E-state index contributed by atoms with van der Waals surface area (Å²) < 4.78 is 10.2. The summed E-state index contributed by atoms with van der Waals surface area (Å²) in [4.78, 5) is 79.1. The van der Waals surface area contributed by atoms with Crippen molar-refractivity contribution in [3.05, 3.63) is 96.1 Å². The van der Waals surface area contributed by atoms with Crippen LogP contribution in [0.3, 0.4) is 0 Å². The highest BCUT2D eigenvalue weighted by molar-refractivity contribution is 6.08. The third-order valence-electron chi connectivity index (χ3n) is 15.2. The highest BCUT2D eigenvalue weighted by atomic mass is 16.5. The van der Waals surface area contributed by atoms with Crippen molar-refractivity contribution >= 4 is 73.6 Å². The molecule has 6 aromatic rings. The van der Waals surface area contributed by atoms with Crippen molar-refractivity contribution in [3.8, 4) is 11.1 Å². The normalized spacial score (nSPS) is 22.3. The van der Waals surface area contributed by atoms with E-state index in [1.165, 1.54) is 13.3 Å². The van der Waals surface area contributed by atoms with E-state index >= 15 is 0 Å². The number of aromatic nitrogens is 4. The van der Waals surface area contributed by atoms with E-state index in [-0.39, 0.29) is 47.6 Å². The number of carbonyl (C=O) groups excluding carboxylic acids is 4. The van der Waals surface area contributed by atoms with Crippen molar-refractivity contribution in [1.29, 1.82) is 0 Å². The minimum absolute atomic E-state index is 0.00761. The van der Waals surface area contributed by atoms with Gasteiger partial charge in [0, 0.05) is 48.5 Å². The molecule has 1 saturated heterocycles. The van der Waals surface area contributed by atoms with Crippen LogP contribution in [0.15, 0.2) is 89.5 Å². The molecule has 3 aliphatic carbocycles. The summed E-state index contributed by atoms with van der Waals surface area (Å²) in [5, 5.41) is 7.37. The maximum atomic E-state index is 14.5. The van der Waals surface area contributed by atoms with Crippen LogP contribution in [0.4, 0.5) is 4.79 Å². The van der Waals surface area contributed by atoms with Gasteiger partial charge in [-0.1, -0.05) is 88.7 Å². The molecule has 3 N–H and O–H groups in total. The number of benzene rings is 4. The molecule has 3 fully saturated rings. The van der Waals surface area contributed by atoms with Crippen LogP contribution in [-0.2, 0) is 30.4 Å². The molecule has 8 atom stereocenters. The first-order chi connectivity index (χ1) is 33.5. The number of rotatable bonds is 16. The van der Waals surface area contributed by atoms with Crippen molar-refractivity contribution in [3.63, 3.8) is 0 Å². The third kappa shape index (κ3) is 8.95. The molecule has 2 aromatic heterocycles. The van der Waals surface area contributed by atoms with Crippen molar-refractivity contribution in [2.45, 2.75) is 90.9 Å². The van der Waals surface area contributed by atoms with E-state index in [4.69, 9.17) is 19.4 Å². The van der Waals surface area contributed by atoms with Gasteiger partial charge in [0.05, 0.1) is 54.3 Å². The van der Waals surface area contributed by atoms with Gasteiger partial charge in [0.15, 0.2) is 0 Å². The van der Waals surface area contributed by atoms with Crippen LogP contribution in [0.25, 0.3) is 54.7 Å². The average molecular weight is 931 g/mol. The lowest BCUT2D eigenvalue weighted by molar-refractivity contribution is -0.138. The summed E-state index contributed by atoms with van der Waals surface area (Å²) in [6.07, 6.45) is 11.5. The molecule has 1 aliphatic heterocycles. The number of methoxy groups -OCH3 is 2. The van der Waals surface area contributed by atoms with Crippen molar-refractivity contribution in [1.82, 2.24) is 35.1 Å². The fourth-order valence-electron chi connectivity index (χ4n) is 11.0. The maximum absolute atomic E-state index is 14.5. The summed E-state index contributed by atoms with van der Waals surface area (Å²) in [6.45, 7) is 9.63. The van der Waals surface area contributed by atoms with Gasteiger partial charge < -0.3 is 34.6 Å². The molecule has 4 amide bonds. The molecule has 0 spiro atoms. The summed E-state index contributed by atoms with van der Waals surface area (Å²) in [6, 6.07) is 20.5. The Hall–Kier alpha value is -6.67. The van der Waals surface area contributed by atoms with Crippen molar-refractivity contribution in [2.24, 2.45) is 40.5 Å². The van der Waals surface area contributed by atoms with Crippen LogP contribution in [0.1, 0.15) is 83.9 Å². The van der Waals surface area contributed by atoms with E-state index < -0.39 is 18.1 Å². The van der Waals surface area contributed by atoms with Crippen molar-refractivity contribution in [2.75, 3.05) is 27.4 Å². The molecule has 0 radical (unpaired) electrons. The molecule has 10 rings (SSSR count). The number of hydrogen-bond acceptors (Lipinski definition) is 8. The Bertz CT molecular complexity index is 3070. The van der Waals surface area contributed by atoms with Gasteiger partial charge in [-0.15, -0.1) is 0 Å². The molecule has 358 valence electrons. The Morgan fingerprint density at radius 2 is 1.64 bits per heavy atom. The number of nitrogens with zero attached hydrogens (tertiary/aromatic N) is 5. The minimum atomic E-state index is -0.712. The highest BCUT2D eigenvalue weighted by Crippen LogP contribution is 2.58. The smallest absolute Gasteiger partial charge is 0.432 e. The minimum Gasteiger partial charge on any atom is -0.451 e. The number of carbonyl (C=O) groups is 4. The predicted molar refractivity (Wildman–Crippen MR) is 268 cm³/mol. The zero-order chi connectivity index (χ0) is 48.1. The number of allylic oxidation sites excluding steroid dienone is 2. The van der Waals surface area contributed by atoms with Gasteiger partial charge >= 0.3 is 6.09 Å². The van der Waals surface area contributed by atoms with E-state index in [9.17, 15) is 19.2 Å². The molecule has 4 aromatic carbocycles. The Morgan fingerprint density at radius 1 is 0.942 bits per heavy atom. The second kappa shape index (κ2) is 19.0. The third-order valence-corrected chi connectivity index (χ3v) is 15.2. The molecule has 3 heterocycles. The molecular weight excluding hydrogens is 869 g/mol. The molecule has 69 heavy (non-hydrogen) atoms. The quantitative estimate of drug-likeness (QED) is 0.0805. The van der Waals surface area contributed by atoms with E-state index in [1.54, 1.807) is 7.11 Å². The number of aromatic amines is 2. The molecular formula is C55H62N8O6. The van der Waals surface area contributed by atoms with Crippen LogP contribution in [-0.4, -0.2) is 99.2 Å². The molecule has 4 aliphatic rings. The predicted octanol–water partition coefficient (Wildman–Crippen LogP) is 9.60. The van der Waals surface area contributed by atoms with E-state index in [1.807, 2.05) is 54.0 Å². The van der Waals surface area contributed by atoms with Gasteiger partial charge in [0.1, 0.15) is 17.7 Å². The number of fused-ring (bicyclic) bond motifs is 7. The first kappa shape index (κ1) is 46.1. The average Bonchev–Trinajstić information content (AvgIpc) is 4.13. The van der Waals surface area contributed by atoms with Crippen LogP contribution >= 0.6 is 0 Å². The van der Waals surface area contributed by atoms with Crippen LogP contribution < -0.4 is 5.32 Å². The summed E-state index contributed by atoms with van der Waals surface area (Å²) in [5.41, 5.74) is 6.78. The molecule has 14 heteroatoms. The van der Waals surface area contributed by atoms with Crippen LogP contribution in [0.2, 0.25) is 0 Å². The second-order valence-corrected chi connectivity index (χ2v) is 19.8. The number of aliphatic imine (C=N–C) groups is 1. The summed E-state index contributed by atoms with van der Waals surface area (Å²) >= 11 is 0. The van der Waals surface area contributed by atoms with Crippen molar-refractivity contribution < 1.29 is 28.7 Å². The van der Waals surface area contributed by atoms with Crippen LogP contribution in [0, 0.1) is 35.5 Å². The number of H-pyrrole nitrogens is 2. The first-order valence-electron chi connectivity index (χ1n) is 24.7. The number of amides is 4. The standard InChI is InChI=1S/C55H62N8O6/c1-7-22-62(54(66)47(61-52(64)33-12-13-33)38-11-9-10-32(23-38)29-68-5)28-46-57-43-20-16-36-24-34(14-18-39(36)48(43)59-46)35-15-19-40-37(25-35)17-21-44-49(40)60-51(58-44)45-26-41-31(4)50(41)63(45)53(65)42(30(3)8-2)27-56-55(67)69-6/h9-11,14-21,24-25,27,30-31,33,38,41-42,45,47,50H,7-8,12-13,22-23,26,28-29H2,1-6H3,(H,57,59)(H,58,60)(H,61,64)/b56-27-/t30-,31+,38?,41-,42?,45-,47+,50+/m0/s1. The zero-order valence-electron chi connectivity index (χ0n) is 40.3. The number of likely N-dealkylation sites (tertiary alicyclic amines) is 1. The summed E-state index contributed by atoms with van der Waals surface area (Å²) in [7, 11) is 2.96. The second-order valence-electron chi connectivity index (χ2n) is 19.8. The Balaban J connectivity index is 0.890. The lowest BCUT2D eigenvalue weighted by Gasteiger charge is -2.32. The highest BCUT2D eigenvalue weighted by Gasteiger charge is 2.61. The van der Waals surface area contributed by atoms with Gasteiger partial charge in [-0.3, -0.25) is 14.4 Å². The Morgan fingerprint density at radius 3 is 2.29 bits per heavy atom. The fourth-order valence-corrected chi connectivity index (χ4v) is 11.0. The Labute approximate surface area is 402 Å². The molecule has 2 saturated carbocycles. The number of imidazole rings is 2. The number of ether oxygens (including phenoxy) is 2. The van der Waals surface area contributed by atoms with Gasteiger partial charge in [-0.05, 0) is 102 Å². The van der Waals surface area contributed by atoms with Gasteiger partial charge in [-0.25, -0.2) is 14.8 Å². The molecule has 0 bridgehead atoms. The van der Waals surface area contributed by atoms with Gasteiger partial charge in [0.2, 0.25) is 17.7 Å². The fraction of sp³-hybridized carbons (Fsp3) is 0.436. The van der Waals surface area contributed by atoms with Gasteiger partial charge in [0.25, 0.3) is 0 Å². The SMILES string of the molecule is CCCN(Cc1nc2ccc3cc(-c4ccc5c(ccc6nc([C@@H]7C[C@H]8[C@@H](C)[C@H]8N7C(=O)C(/C=N\C(=O)OC)[C@@H](C)CC)[nH]c65)c4)ccc3c2[nH]1)C(=O)[C@H](NC(=O)C1CC1)C1C=CC=C(COC)C1. The molecule has 2 unspecified atom stereocenters. The van der Waals surface area contributed by atoms with Crippen LogP contribution in [0.5, 0.6) is 0 Å². The van der Waals surface area contributed by atoms with E-state index in [2.05, 4.69) is 82.7 Å². The number of piperidine rings is 1. The zero-order valence-corrected chi connectivity index (χ0v) is 40.3. The lowest BCUT2D eigenvalue weighted by Crippen LogP contribution is -2.52. The number of nitrogens with one attached hydrogen (secondary N) is 3. The lowest BCUT2D eigenvalue weighted by atomic mass is 9.87.